The monoisotopic (exact) mass is 521 g/mol. The molecule has 3 aliphatic rings. The summed E-state index contributed by atoms with van der Waals surface area (Å²) in [5, 5.41) is 12.0. The number of hydrogen-bond acceptors (Lipinski definition) is 5. The molecule has 1 saturated heterocycles. The Kier molecular flexibility index (Phi) is 6.31. The number of ether oxygens (including phenoxy) is 1. The number of aryl methyl sites for hydroxylation is 1. The van der Waals surface area contributed by atoms with Crippen molar-refractivity contribution in [1.82, 2.24) is 20.1 Å². The SMILES string of the molecule is C[C@H](NC1(C)CCC1)c1cc2c(c(C(F)F)c1)CN(c1cccc([C@H](c3nncn3C)C3COC3)c1)C2=O. The molecule has 1 N–H and O–H groups in total. The van der Waals surface area contributed by atoms with Crippen molar-refractivity contribution in [3.63, 3.8) is 0 Å². The second-order valence-electron chi connectivity index (χ2n) is 11.3. The summed E-state index contributed by atoms with van der Waals surface area (Å²) in [6, 6.07) is 11.0. The second kappa shape index (κ2) is 9.54. The highest BCUT2D eigenvalue weighted by Crippen LogP contribution is 2.41. The van der Waals surface area contributed by atoms with Crippen molar-refractivity contribution in [2.24, 2.45) is 13.0 Å². The van der Waals surface area contributed by atoms with Crippen LogP contribution >= 0.6 is 0 Å². The highest BCUT2D eigenvalue weighted by Gasteiger charge is 2.38. The Bertz CT molecular complexity index is 1360. The van der Waals surface area contributed by atoms with Crippen LogP contribution in [0.3, 0.4) is 0 Å². The van der Waals surface area contributed by atoms with Gasteiger partial charge in [0.25, 0.3) is 12.3 Å². The first-order chi connectivity index (χ1) is 18.2. The number of hydrogen-bond donors (Lipinski definition) is 1. The Morgan fingerprint density at radius 2 is 1.95 bits per heavy atom. The molecule has 3 heterocycles. The van der Waals surface area contributed by atoms with Crippen LogP contribution in [0.2, 0.25) is 0 Å². The number of benzene rings is 2. The summed E-state index contributed by atoms with van der Waals surface area (Å²) in [5.41, 5.74) is 3.16. The molecule has 0 bridgehead atoms. The summed E-state index contributed by atoms with van der Waals surface area (Å²) in [4.78, 5) is 15.3. The van der Waals surface area contributed by atoms with Crippen molar-refractivity contribution < 1.29 is 18.3 Å². The lowest BCUT2D eigenvalue weighted by molar-refractivity contribution is -0.0407. The van der Waals surface area contributed by atoms with E-state index in [1.54, 1.807) is 23.4 Å². The Balaban J connectivity index is 1.33. The van der Waals surface area contributed by atoms with Gasteiger partial charge in [0, 0.05) is 41.4 Å². The number of carbonyl (C=O) groups is 1. The molecular weight excluding hydrogens is 488 g/mol. The Morgan fingerprint density at radius 1 is 1.16 bits per heavy atom. The molecule has 1 aliphatic carbocycles. The molecule has 9 heteroatoms. The van der Waals surface area contributed by atoms with E-state index in [4.69, 9.17) is 4.74 Å². The van der Waals surface area contributed by atoms with Gasteiger partial charge in [0.2, 0.25) is 0 Å². The number of amides is 1. The van der Waals surface area contributed by atoms with E-state index in [9.17, 15) is 13.6 Å². The molecule has 1 aromatic heterocycles. The van der Waals surface area contributed by atoms with Gasteiger partial charge in [-0.2, -0.15) is 0 Å². The maximum absolute atomic E-state index is 14.3. The van der Waals surface area contributed by atoms with Gasteiger partial charge in [0.05, 0.1) is 25.7 Å². The summed E-state index contributed by atoms with van der Waals surface area (Å²) in [6.07, 6.45) is 2.32. The van der Waals surface area contributed by atoms with E-state index >= 15 is 0 Å². The minimum absolute atomic E-state index is 0.0185. The zero-order chi connectivity index (χ0) is 26.6. The molecule has 38 heavy (non-hydrogen) atoms. The van der Waals surface area contributed by atoms with Gasteiger partial charge in [-0.1, -0.05) is 12.1 Å². The van der Waals surface area contributed by atoms with Crippen LogP contribution in [0.15, 0.2) is 42.7 Å². The third-order valence-corrected chi connectivity index (χ3v) is 8.56. The molecule has 3 aromatic rings. The quantitative estimate of drug-likeness (QED) is 0.437. The highest BCUT2D eigenvalue weighted by atomic mass is 19.3. The van der Waals surface area contributed by atoms with Gasteiger partial charge in [-0.15, -0.1) is 10.2 Å². The summed E-state index contributed by atoms with van der Waals surface area (Å²) in [7, 11) is 1.91. The standard InChI is InChI=1S/C29H33F2N5O2/c1-17(33-29(2)8-5-9-29)19-11-22(26(30)31)24-13-36(28(37)23(24)12-19)21-7-4-6-18(10-21)25(20-14-38-15-20)27-34-32-16-35(27)3/h4,6-7,10-12,16-17,20,25-26,33H,5,8-9,13-15H2,1-3H3/t17-,25-/m0/s1. The average molecular weight is 522 g/mol. The van der Waals surface area contributed by atoms with E-state index < -0.39 is 6.43 Å². The fourth-order valence-corrected chi connectivity index (χ4v) is 6.11. The van der Waals surface area contributed by atoms with Crippen LogP contribution in [-0.2, 0) is 18.3 Å². The van der Waals surface area contributed by atoms with Crippen LogP contribution in [0.5, 0.6) is 0 Å². The van der Waals surface area contributed by atoms with Gasteiger partial charge in [-0.3, -0.25) is 4.79 Å². The largest absolute Gasteiger partial charge is 0.381 e. The van der Waals surface area contributed by atoms with E-state index in [2.05, 4.69) is 22.4 Å². The maximum atomic E-state index is 14.3. The predicted molar refractivity (Wildman–Crippen MR) is 139 cm³/mol. The van der Waals surface area contributed by atoms with Gasteiger partial charge >= 0.3 is 0 Å². The molecule has 1 saturated carbocycles. The number of carbonyl (C=O) groups excluding carboxylic acids is 1. The minimum Gasteiger partial charge on any atom is -0.381 e. The number of halogens is 2. The zero-order valence-electron chi connectivity index (χ0n) is 22.0. The first-order valence-corrected chi connectivity index (χ1v) is 13.3. The van der Waals surface area contributed by atoms with E-state index in [-0.39, 0.29) is 41.4 Å². The van der Waals surface area contributed by atoms with Crippen molar-refractivity contribution in [2.75, 3.05) is 18.1 Å². The number of nitrogens with one attached hydrogen (secondary N) is 1. The smallest absolute Gasteiger partial charge is 0.264 e. The Labute approximate surface area is 221 Å². The summed E-state index contributed by atoms with van der Waals surface area (Å²) >= 11 is 0. The van der Waals surface area contributed by atoms with Gasteiger partial charge in [0.1, 0.15) is 12.2 Å². The number of rotatable bonds is 8. The van der Waals surface area contributed by atoms with Crippen molar-refractivity contribution >= 4 is 11.6 Å². The van der Waals surface area contributed by atoms with Crippen LogP contribution in [0.4, 0.5) is 14.5 Å². The lowest BCUT2D eigenvalue weighted by atomic mass is 9.77. The van der Waals surface area contributed by atoms with Gasteiger partial charge in [-0.25, -0.2) is 8.78 Å². The first kappa shape index (κ1) is 25.1. The molecule has 0 spiro atoms. The van der Waals surface area contributed by atoms with Crippen molar-refractivity contribution in [3.05, 3.63) is 76.4 Å². The molecule has 2 aliphatic heterocycles. The van der Waals surface area contributed by atoms with Crippen molar-refractivity contribution in [1.29, 1.82) is 0 Å². The number of aromatic nitrogens is 3. The maximum Gasteiger partial charge on any atom is 0.264 e. The topological polar surface area (TPSA) is 72.3 Å². The molecule has 0 unspecified atom stereocenters. The van der Waals surface area contributed by atoms with Crippen LogP contribution in [-0.4, -0.2) is 39.4 Å². The number of alkyl halides is 2. The zero-order valence-corrected chi connectivity index (χ0v) is 22.0. The average Bonchev–Trinajstić information content (AvgIpc) is 3.42. The molecule has 0 radical (unpaired) electrons. The fraction of sp³-hybridized carbons (Fsp3) is 0.483. The van der Waals surface area contributed by atoms with Crippen LogP contribution in [0, 0.1) is 5.92 Å². The lowest BCUT2D eigenvalue weighted by Crippen LogP contribution is -2.49. The summed E-state index contributed by atoms with van der Waals surface area (Å²) in [6.45, 7) is 5.53. The molecule has 2 fully saturated rings. The van der Waals surface area contributed by atoms with Gasteiger partial charge in [-0.05, 0) is 74.1 Å². The Hall–Kier alpha value is -3.17. The van der Waals surface area contributed by atoms with Crippen LogP contribution in [0.25, 0.3) is 0 Å². The molecule has 7 nitrogen and oxygen atoms in total. The second-order valence-corrected chi connectivity index (χ2v) is 11.3. The number of nitrogens with zero attached hydrogens (tertiary/aromatic N) is 4. The Morgan fingerprint density at radius 3 is 2.55 bits per heavy atom. The molecule has 200 valence electrons. The molecule has 2 atom stereocenters. The van der Waals surface area contributed by atoms with E-state index in [1.165, 1.54) is 6.42 Å². The summed E-state index contributed by atoms with van der Waals surface area (Å²) < 4.78 is 35.9. The fourth-order valence-electron chi connectivity index (χ4n) is 6.11. The lowest BCUT2D eigenvalue weighted by Gasteiger charge is -2.42. The third kappa shape index (κ3) is 4.31. The van der Waals surface area contributed by atoms with E-state index in [0.717, 1.165) is 29.8 Å². The molecule has 6 rings (SSSR count). The normalized spacial score (nSPS) is 20.3. The molecule has 2 aromatic carbocycles. The van der Waals surface area contributed by atoms with Crippen LogP contribution in [0.1, 0.15) is 89.9 Å². The highest BCUT2D eigenvalue weighted by molar-refractivity contribution is 6.10. The van der Waals surface area contributed by atoms with Crippen LogP contribution < -0.4 is 10.2 Å². The van der Waals surface area contributed by atoms with E-state index in [0.29, 0.717) is 30.0 Å². The third-order valence-electron chi connectivity index (χ3n) is 8.56. The molecule has 1 amide bonds. The number of anilines is 1. The number of fused-ring (bicyclic) bond motifs is 1. The summed E-state index contributed by atoms with van der Waals surface area (Å²) in [5.74, 6) is 0.793. The van der Waals surface area contributed by atoms with Gasteiger partial charge in [0.15, 0.2) is 0 Å². The first-order valence-electron chi connectivity index (χ1n) is 13.3. The predicted octanol–water partition coefficient (Wildman–Crippen LogP) is 5.28. The van der Waals surface area contributed by atoms with E-state index in [1.807, 2.05) is 42.8 Å². The van der Waals surface area contributed by atoms with Crippen molar-refractivity contribution in [2.45, 2.75) is 63.6 Å². The van der Waals surface area contributed by atoms with Gasteiger partial charge < -0.3 is 19.5 Å². The van der Waals surface area contributed by atoms with Crippen molar-refractivity contribution in [3.8, 4) is 0 Å². The molecular formula is C29H33F2N5O2. The minimum atomic E-state index is -2.66.